The first kappa shape index (κ1) is 20.0. The summed E-state index contributed by atoms with van der Waals surface area (Å²) < 4.78 is 12.3. The van der Waals surface area contributed by atoms with Gasteiger partial charge in [-0.1, -0.05) is 43.7 Å². The Hall–Kier alpha value is -2.62. The highest BCUT2D eigenvalue weighted by Crippen LogP contribution is 2.57. The number of hydrogen-bond donors (Lipinski definition) is 0. The summed E-state index contributed by atoms with van der Waals surface area (Å²) in [5.74, 6) is 1.78. The second-order valence-electron chi connectivity index (χ2n) is 10.4. The average Bonchev–Trinajstić information content (AvgIpc) is 3.31. The lowest BCUT2D eigenvalue weighted by Gasteiger charge is -2.38. The minimum atomic E-state index is -0.482. The van der Waals surface area contributed by atoms with Gasteiger partial charge >= 0.3 is 5.97 Å². The predicted octanol–water partition coefficient (Wildman–Crippen LogP) is 4.70. The van der Waals surface area contributed by atoms with Gasteiger partial charge in [0.25, 0.3) is 0 Å². The van der Waals surface area contributed by atoms with Crippen LogP contribution in [0.1, 0.15) is 31.7 Å². The molecule has 32 heavy (non-hydrogen) atoms. The fourth-order valence-corrected chi connectivity index (χ4v) is 7.22. The molecule has 3 aliphatic carbocycles. The lowest BCUT2D eigenvalue weighted by Crippen LogP contribution is -2.43. The van der Waals surface area contributed by atoms with Gasteiger partial charge in [-0.05, 0) is 60.3 Å². The Bertz CT molecular complexity index is 1020. The van der Waals surface area contributed by atoms with E-state index in [4.69, 9.17) is 9.47 Å². The van der Waals surface area contributed by atoms with Crippen molar-refractivity contribution in [3.8, 4) is 5.75 Å². The van der Waals surface area contributed by atoms with E-state index in [1.54, 1.807) is 6.08 Å². The SMILES string of the molecule is C=C[C@H]1C=C[C@H]2[C@@H]3C[C@H](C)CC[C@H]3[C@@H]3Oc4ccc(cc4)C[C@@H]4C=C(C(=O)O4)C(=O)[C@@H]1[C@H]23. The van der Waals surface area contributed by atoms with Crippen molar-refractivity contribution in [2.45, 2.75) is 44.8 Å². The molecule has 0 amide bonds. The Balaban J connectivity index is 1.51. The van der Waals surface area contributed by atoms with Crippen LogP contribution in [0.5, 0.6) is 5.75 Å². The van der Waals surface area contributed by atoms with Crippen LogP contribution in [0.4, 0.5) is 0 Å². The van der Waals surface area contributed by atoms with Crippen molar-refractivity contribution < 1.29 is 19.1 Å². The van der Waals surface area contributed by atoms with Gasteiger partial charge < -0.3 is 9.47 Å². The maximum Gasteiger partial charge on any atom is 0.342 e. The molecule has 2 saturated carbocycles. The maximum absolute atomic E-state index is 13.9. The Kier molecular flexibility index (Phi) is 4.67. The molecule has 9 atom stereocenters. The molecule has 0 N–H and O–H groups in total. The van der Waals surface area contributed by atoms with Crippen LogP contribution in [0.2, 0.25) is 0 Å². The summed E-state index contributed by atoms with van der Waals surface area (Å²) in [5.41, 5.74) is 1.29. The Labute approximate surface area is 189 Å². The summed E-state index contributed by atoms with van der Waals surface area (Å²) in [6.07, 6.45) is 11.7. The summed E-state index contributed by atoms with van der Waals surface area (Å²) >= 11 is 0. The van der Waals surface area contributed by atoms with E-state index in [2.05, 4.69) is 25.7 Å². The van der Waals surface area contributed by atoms with Gasteiger partial charge in [-0.2, -0.15) is 0 Å². The molecule has 0 unspecified atom stereocenters. The number of ketones is 1. The number of carbonyl (C=O) groups is 2. The third-order valence-corrected chi connectivity index (χ3v) is 8.65. The standard InChI is InChI=1S/C28H30O4/c1-3-17-7-11-20-22-12-15(2)4-10-21(22)27-25(20)24(17)26(29)23-14-19(32-28(23)30)13-16-5-8-18(31-27)9-6-16/h3,5-9,11,14-15,17,19-22,24-25,27H,1,4,10,12-13H2,2H3/t15-,17+,19-,20+,21-,22+,24+,25+,27+/m1/s1. The quantitative estimate of drug-likeness (QED) is 0.368. The molecule has 0 saturated heterocycles. The molecule has 0 spiro atoms. The van der Waals surface area contributed by atoms with E-state index in [1.165, 1.54) is 12.8 Å². The Morgan fingerprint density at radius 2 is 1.84 bits per heavy atom. The molecular formula is C28H30O4. The maximum atomic E-state index is 13.9. The number of carbonyl (C=O) groups excluding carboxylic acids is 2. The summed E-state index contributed by atoms with van der Waals surface area (Å²) in [5, 5.41) is 0. The number of rotatable bonds is 1. The van der Waals surface area contributed by atoms with Crippen LogP contribution in [0.3, 0.4) is 0 Å². The van der Waals surface area contributed by atoms with Crippen LogP contribution in [-0.4, -0.2) is 24.0 Å². The van der Waals surface area contributed by atoms with Crippen LogP contribution < -0.4 is 4.74 Å². The molecule has 7 rings (SSSR count). The molecular weight excluding hydrogens is 400 g/mol. The molecule has 4 heteroatoms. The van der Waals surface area contributed by atoms with Gasteiger partial charge in [0.1, 0.15) is 23.5 Å². The van der Waals surface area contributed by atoms with Crippen molar-refractivity contribution in [2.75, 3.05) is 0 Å². The molecule has 4 bridgehead atoms. The number of esters is 1. The number of allylic oxidation sites excluding steroid dienone is 3. The third kappa shape index (κ3) is 3.02. The number of hydrogen-bond acceptors (Lipinski definition) is 4. The minimum Gasteiger partial charge on any atom is -0.490 e. The van der Waals surface area contributed by atoms with Crippen LogP contribution in [0, 0.1) is 41.4 Å². The van der Waals surface area contributed by atoms with Crippen molar-refractivity contribution in [3.05, 3.63) is 66.3 Å². The monoisotopic (exact) mass is 430 g/mol. The summed E-state index contributed by atoms with van der Waals surface area (Å²) in [6.45, 7) is 6.37. The second-order valence-corrected chi connectivity index (χ2v) is 10.4. The third-order valence-electron chi connectivity index (χ3n) is 8.65. The minimum absolute atomic E-state index is 0.0315. The van der Waals surface area contributed by atoms with E-state index in [0.717, 1.165) is 17.7 Å². The van der Waals surface area contributed by atoms with Crippen LogP contribution in [0.25, 0.3) is 0 Å². The normalized spacial score (nSPS) is 41.9. The van der Waals surface area contributed by atoms with Gasteiger partial charge in [0.15, 0.2) is 5.78 Å². The lowest BCUT2D eigenvalue weighted by molar-refractivity contribution is -0.141. The summed E-state index contributed by atoms with van der Waals surface area (Å²) in [7, 11) is 0. The summed E-state index contributed by atoms with van der Waals surface area (Å²) in [4.78, 5) is 26.7. The predicted molar refractivity (Wildman–Crippen MR) is 121 cm³/mol. The van der Waals surface area contributed by atoms with Gasteiger partial charge in [-0.3, -0.25) is 4.79 Å². The molecule has 166 valence electrons. The topological polar surface area (TPSA) is 52.6 Å². The fraction of sp³-hybridized carbons (Fsp3) is 0.500. The molecule has 1 aromatic rings. The molecule has 0 aromatic heterocycles. The molecule has 3 aliphatic heterocycles. The molecule has 0 radical (unpaired) electrons. The van der Waals surface area contributed by atoms with E-state index < -0.39 is 12.1 Å². The highest BCUT2D eigenvalue weighted by molar-refractivity contribution is 6.19. The zero-order valence-corrected chi connectivity index (χ0v) is 18.5. The second kappa shape index (κ2) is 7.47. The number of Topliss-reactive ketones (excluding diaryl/α,β-unsaturated/α-hetero) is 1. The first-order valence-corrected chi connectivity index (χ1v) is 12.1. The zero-order chi connectivity index (χ0) is 22.0. The zero-order valence-electron chi connectivity index (χ0n) is 18.5. The van der Waals surface area contributed by atoms with Gasteiger partial charge in [-0.15, -0.1) is 6.58 Å². The first-order valence-electron chi connectivity index (χ1n) is 12.1. The van der Waals surface area contributed by atoms with Crippen molar-refractivity contribution >= 4 is 11.8 Å². The molecule has 3 heterocycles. The molecule has 4 nitrogen and oxygen atoms in total. The molecule has 2 fully saturated rings. The van der Waals surface area contributed by atoms with Crippen molar-refractivity contribution in [1.82, 2.24) is 0 Å². The van der Waals surface area contributed by atoms with Crippen LogP contribution in [-0.2, 0) is 20.7 Å². The van der Waals surface area contributed by atoms with Gasteiger partial charge in [0.2, 0.25) is 0 Å². The van der Waals surface area contributed by atoms with Gasteiger partial charge in [0, 0.05) is 24.2 Å². The fourth-order valence-electron chi connectivity index (χ4n) is 7.22. The average molecular weight is 431 g/mol. The molecule has 1 aromatic carbocycles. The number of benzene rings is 1. The van der Waals surface area contributed by atoms with Gasteiger partial charge in [0.05, 0.1) is 0 Å². The number of fused-ring (bicyclic) bond motifs is 4. The van der Waals surface area contributed by atoms with E-state index in [-0.39, 0.29) is 41.1 Å². The highest BCUT2D eigenvalue weighted by Gasteiger charge is 2.58. The van der Waals surface area contributed by atoms with E-state index in [9.17, 15) is 9.59 Å². The van der Waals surface area contributed by atoms with Gasteiger partial charge in [-0.25, -0.2) is 4.79 Å². The number of ether oxygens (including phenoxy) is 2. The first-order chi connectivity index (χ1) is 15.5. The van der Waals surface area contributed by atoms with E-state index >= 15 is 0 Å². The van der Waals surface area contributed by atoms with E-state index in [0.29, 0.717) is 24.2 Å². The highest BCUT2D eigenvalue weighted by atomic mass is 16.5. The van der Waals surface area contributed by atoms with Crippen molar-refractivity contribution in [3.63, 3.8) is 0 Å². The van der Waals surface area contributed by atoms with Crippen molar-refractivity contribution in [2.24, 2.45) is 41.4 Å². The largest absolute Gasteiger partial charge is 0.490 e. The Morgan fingerprint density at radius 3 is 2.62 bits per heavy atom. The van der Waals surface area contributed by atoms with Crippen LogP contribution in [0.15, 0.2) is 60.7 Å². The smallest absolute Gasteiger partial charge is 0.342 e. The van der Waals surface area contributed by atoms with Crippen molar-refractivity contribution in [1.29, 1.82) is 0 Å². The lowest BCUT2D eigenvalue weighted by atomic mass is 9.66. The molecule has 6 aliphatic rings. The summed E-state index contributed by atoms with van der Waals surface area (Å²) in [6, 6.07) is 8.16. The van der Waals surface area contributed by atoms with Crippen LogP contribution >= 0.6 is 0 Å². The Morgan fingerprint density at radius 1 is 1.03 bits per heavy atom. The van der Waals surface area contributed by atoms with E-state index in [1.807, 2.05) is 30.3 Å².